The number of ether oxygens (including phenoxy) is 2. The molecule has 2 aromatic rings. The van der Waals surface area contributed by atoms with Gasteiger partial charge in [-0.15, -0.1) is 0 Å². The first kappa shape index (κ1) is 23.3. The highest BCUT2D eigenvalue weighted by molar-refractivity contribution is 7.89. The molecule has 2 aromatic carbocycles. The SMILES string of the molecule is Cc1ccc(O[C@H](C)C(=O)N2CCN(S(=O)(=O)c3cc4c(cc3Cl)NC(=O)CO4)CC2)cc1. The molecule has 1 saturated heterocycles. The van der Waals surface area contributed by atoms with Gasteiger partial charge in [-0.25, -0.2) is 8.42 Å². The van der Waals surface area contributed by atoms with Gasteiger partial charge in [0.25, 0.3) is 11.8 Å². The third kappa shape index (κ3) is 4.92. The van der Waals surface area contributed by atoms with Crippen molar-refractivity contribution >= 4 is 39.1 Å². The van der Waals surface area contributed by atoms with E-state index in [0.717, 1.165) is 5.56 Å². The topological polar surface area (TPSA) is 105 Å². The van der Waals surface area contributed by atoms with Gasteiger partial charge in [-0.2, -0.15) is 4.31 Å². The predicted octanol–water partition coefficient (Wildman–Crippen LogP) is 2.28. The number of halogens is 1. The number of carbonyl (C=O) groups excluding carboxylic acids is 2. The van der Waals surface area contributed by atoms with Crippen molar-refractivity contribution in [3.63, 3.8) is 0 Å². The summed E-state index contributed by atoms with van der Waals surface area (Å²) in [5.74, 6) is 0.302. The Balaban J connectivity index is 1.41. The molecule has 0 saturated carbocycles. The zero-order valence-corrected chi connectivity index (χ0v) is 19.8. The highest BCUT2D eigenvalue weighted by atomic mass is 35.5. The van der Waals surface area contributed by atoms with E-state index in [4.69, 9.17) is 21.1 Å². The molecule has 9 nitrogen and oxygen atoms in total. The predicted molar refractivity (Wildman–Crippen MR) is 122 cm³/mol. The summed E-state index contributed by atoms with van der Waals surface area (Å²) in [6, 6.07) is 10.1. The average molecular weight is 494 g/mol. The van der Waals surface area contributed by atoms with E-state index in [1.165, 1.54) is 16.4 Å². The Bertz CT molecular complexity index is 1180. The number of piperazine rings is 1. The molecule has 0 spiro atoms. The minimum absolute atomic E-state index is 0.0156. The molecule has 1 atom stereocenters. The number of anilines is 1. The van der Waals surface area contributed by atoms with Crippen LogP contribution in [0.3, 0.4) is 0 Å². The molecule has 2 aliphatic heterocycles. The molecule has 176 valence electrons. The quantitative estimate of drug-likeness (QED) is 0.685. The van der Waals surface area contributed by atoms with Gasteiger partial charge in [-0.1, -0.05) is 29.3 Å². The van der Waals surface area contributed by atoms with Gasteiger partial charge in [0.1, 0.15) is 16.4 Å². The molecule has 0 aliphatic carbocycles. The molecular formula is C22H24ClN3O6S. The van der Waals surface area contributed by atoms with Gasteiger partial charge in [0.2, 0.25) is 10.0 Å². The van der Waals surface area contributed by atoms with E-state index in [9.17, 15) is 18.0 Å². The molecule has 0 unspecified atom stereocenters. The van der Waals surface area contributed by atoms with Crippen LogP contribution in [0.2, 0.25) is 5.02 Å². The van der Waals surface area contributed by atoms with Gasteiger partial charge >= 0.3 is 0 Å². The van der Waals surface area contributed by atoms with Crippen molar-refractivity contribution in [2.75, 3.05) is 38.1 Å². The minimum atomic E-state index is -3.92. The summed E-state index contributed by atoms with van der Waals surface area (Å²) in [5.41, 5.74) is 1.42. The molecule has 11 heteroatoms. The van der Waals surface area contributed by atoms with E-state index in [1.807, 2.05) is 19.1 Å². The van der Waals surface area contributed by atoms with Crippen LogP contribution in [-0.4, -0.2) is 68.3 Å². The summed E-state index contributed by atoms with van der Waals surface area (Å²) in [7, 11) is -3.92. The van der Waals surface area contributed by atoms with Crippen molar-refractivity contribution in [2.24, 2.45) is 0 Å². The Labute approximate surface area is 197 Å². The van der Waals surface area contributed by atoms with Gasteiger partial charge in [-0.3, -0.25) is 9.59 Å². The molecule has 2 aliphatic rings. The summed E-state index contributed by atoms with van der Waals surface area (Å²) in [6.07, 6.45) is -0.696. The summed E-state index contributed by atoms with van der Waals surface area (Å²) in [5, 5.41) is 2.58. The lowest BCUT2D eigenvalue weighted by atomic mass is 10.2. The lowest BCUT2D eigenvalue weighted by Crippen LogP contribution is -2.53. The largest absolute Gasteiger partial charge is 0.482 e. The fraction of sp³-hybridized carbons (Fsp3) is 0.364. The molecule has 1 fully saturated rings. The van der Waals surface area contributed by atoms with Gasteiger partial charge < -0.3 is 19.7 Å². The Morgan fingerprint density at radius 2 is 1.82 bits per heavy atom. The summed E-state index contributed by atoms with van der Waals surface area (Å²) in [4.78, 5) is 25.8. The molecule has 2 heterocycles. The number of fused-ring (bicyclic) bond motifs is 1. The van der Waals surface area contributed by atoms with E-state index < -0.39 is 16.1 Å². The third-order valence-electron chi connectivity index (χ3n) is 5.52. The zero-order valence-electron chi connectivity index (χ0n) is 18.2. The maximum atomic E-state index is 13.2. The molecule has 4 rings (SSSR count). The van der Waals surface area contributed by atoms with E-state index in [1.54, 1.807) is 24.0 Å². The number of hydrogen-bond acceptors (Lipinski definition) is 6. The second kappa shape index (κ2) is 9.20. The van der Waals surface area contributed by atoms with Crippen LogP contribution in [0.25, 0.3) is 0 Å². The smallest absolute Gasteiger partial charge is 0.263 e. The van der Waals surface area contributed by atoms with Crippen LogP contribution in [0, 0.1) is 6.92 Å². The second-order valence-corrected chi connectivity index (χ2v) is 10.2. The molecule has 0 bridgehead atoms. The number of aryl methyl sites for hydroxylation is 1. The van der Waals surface area contributed by atoms with Crippen molar-refractivity contribution in [2.45, 2.75) is 24.8 Å². The number of carbonyl (C=O) groups is 2. The van der Waals surface area contributed by atoms with E-state index in [-0.39, 0.29) is 60.3 Å². The zero-order chi connectivity index (χ0) is 23.8. The molecule has 0 aromatic heterocycles. The number of rotatable bonds is 5. The minimum Gasteiger partial charge on any atom is -0.482 e. The molecule has 2 amide bonds. The lowest BCUT2D eigenvalue weighted by molar-refractivity contribution is -0.139. The standard InChI is InChI=1S/C22H24ClN3O6S/c1-14-3-5-16(6-4-14)32-15(2)22(28)25-7-9-26(10-8-25)33(29,30)20-12-19-18(11-17(20)23)24-21(27)13-31-19/h3-6,11-12,15H,7-10,13H2,1-2H3,(H,24,27)/t15-/m1/s1. The normalized spacial score (nSPS) is 17.5. The average Bonchev–Trinajstić information content (AvgIpc) is 2.79. The fourth-order valence-electron chi connectivity index (χ4n) is 3.70. The van der Waals surface area contributed by atoms with Crippen molar-refractivity contribution in [1.82, 2.24) is 9.21 Å². The van der Waals surface area contributed by atoms with Crippen molar-refractivity contribution in [3.8, 4) is 11.5 Å². The first-order valence-corrected chi connectivity index (χ1v) is 12.3. The van der Waals surface area contributed by atoms with Gasteiger partial charge in [0, 0.05) is 32.2 Å². The van der Waals surface area contributed by atoms with Crippen LogP contribution in [0.4, 0.5) is 5.69 Å². The van der Waals surface area contributed by atoms with Crippen LogP contribution in [0.5, 0.6) is 11.5 Å². The van der Waals surface area contributed by atoms with E-state index >= 15 is 0 Å². The van der Waals surface area contributed by atoms with E-state index in [0.29, 0.717) is 11.4 Å². The molecular weight excluding hydrogens is 470 g/mol. The Hall–Kier alpha value is -2.82. The lowest BCUT2D eigenvalue weighted by Gasteiger charge is -2.35. The first-order chi connectivity index (χ1) is 15.6. The molecule has 1 N–H and O–H groups in total. The summed E-state index contributed by atoms with van der Waals surface area (Å²) < 4.78 is 38.8. The van der Waals surface area contributed by atoms with Crippen molar-refractivity contribution in [3.05, 3.63) is 47.0 Å². The number of amides is 2. The third-order valence-corrected chi connectivity index (χ3v) is 7.88. The number of nitrogens with zero attached hydrogens (tertiary/aromatic N) is 2. The molecule has 0 radical (unpaired) electrons. The van der Waals surface area contributed by atoms with Crippen LogP contribution >= 0.6 is 11.6 Å². The number of nitrogens with one attached hydrogen (secondary N) is 1. The Kier molecular flexibility index (Phi) is 6.51. The second-order valence-electron chi connectivity index (χ2n) is 7.92. The van der Waals surface area contributed by atoms with Crippen LogP contribution in [-0.2, 0) is 19.6 Å². The van der Waals surface area contributed by atoms with Crippen LogP contribution in [0.1, 0.15) is 12.5 Å². The monoisotopic (exact) mass is 493 g/mol. The number of hydrogen-bond donors (Lipinski definition) is 1. The maximum Gasteiger partial charge on any atom is 0.263 e. The highest BCUT2D eigenvalue weighted by Gasteiger charge is 2.34. The maximum absolute atomic E-state index is 13.2. The Morgan fingerprint density at radius 3 is 2.48 bits per heavy atom. The number of sulfonamides is 1. The van der Waals surface area contributed by atoms with Gasteiger partial charge in [0.05, 0.1) is 10.7 Å². The molecule has 33 heavy (non-hydrogen) atoms. The number of benzene rings is 2. The van der Waals surface area contributed by atoms with Crippen LogP contribution < -0.4 is 14.8 Å². The summed E-state index contributed by atoms with van der Waals surface area (Å²) >= 11 is 6.23. The van der Waals surface area contributed by atoms with Crippen LogP contribution in [0.15, 0.2) is 41.3 Å². The van der Waals surface area contributed by atoms with Crippen molar-refractivity contribution in [1.29, 1.82) is 0 Å². The first-order valence-electron chi connectivity index (χ1n) is 10.4. The highest BCUT2D eigenvalue weighted by Crippen LogP contribution is 2.37. The summed E-state index contributed by atoms with van der Waals surface area (Å²) in [6.45, 7) is 4.15. The van der Waals surface area contributed by atoms with E-state index in [2.05, 4.69) is 5.32 Å². The van der Waals surface area contributed by atoms with Crippen molar-refractivity contribution < 1.29 is 27.5 Å². The fourth-order valence-corrected chi connectivity index (χ4v) is 5.64. The van der Waals surface area contributed by atoms with Gasteiger partial charge in [0.15, 0.2) is 12.7 Å². The Morgan fingerprint density at radius 1 is 1.15 bits per heavy atom. The van der Waals surface area contributed by atoms with Gasteiger partial charge in [-0.05, 0) is 32.0 Å².